The van der Waals surface area contributed by atoms with Crippen LogP contribution in [0.15, 0.2) is 18.2 Å². The number of hydrogen-bond donors (Lipinski definition) is 1. The molecule has 1 aliphatic rings. The summed E-state index contributed by atoms with van der Waals surface area (Å²) in [5, 5.41) is 3.66. The first kappa shape index (κ1) is 13.4. The molecule has 1 aromatic rings. The van der Waals surface area contributed by atoms with E-state index in [4.69, 9.17) is 4.74 Å². The van der Waals surface area contributed by atoms with Crippen molar-refractivity contribution in [2.24, 2.45) is 5.92 Å². The van der Waals surface area contributed by atoms with Gasteiger partial charge in [-0.2, -0.15) is 0 Å². The first-order valence-electron chi connectivity index (χ1n) is 7.15. The van der Waals surface area contributed by atoms with Crippen LogP contribution in [0.5, 0.6) is 5.75 Å². The SMILES string of the molecule is CCCC(C)CC1NCCc2c(OC)cccc21. The van der Waals surface area contributed by atoms with Gasteiger partial charge in [0.2, 0.25) is 0 Å². The summed E-state index contributed by atoms with van der Waals surface area (Å²) < 4.78 is 5.49. The van der Waals surface area contributed by atoms with Crippen molar-refractivity contribution in [1.29, 1.82) is 0 Å². The Hall–Kier alpha value is -1.02. The first-order valence-corrected chi connectivity index (χ1v) is 7.15. The molecule has 0 saturated carbocycles. The van der Waals surface area contributed by atoms with Crippen molar-refractivity contribution in [2.75, 3.05) is 13.7 Å². The van der Waals surface area contributed by atoms with Gasteiger partial charge in [0.1, 0.15) is 5.75 Å². The second kappa shape index (κ2) is 6.24. The summed E-state index contributed by atoms with van der Waals surface area (Å²) in [7, 11) is 1.77. The maximum Gasteiger partial charge on any atom is 0.122 e. The van der Waals surface area contributed by atoms with Crippen molar-refractivity contribution in [3.63, 3.8) is 0 Å². The van der Waals surface area contributed by atoms with Crippen molar-refractivity contribution in [2.45, 2.75) is 45.6 Å². The van der Waals surface area contributed by atoms with E-state index in [9.17, 15) is 0 Å². The average Bonchev–Trinajstić information content (AvgIpc) is 2.38. The fourth-order valence-electron chi connectivity index (χ4n) is 3.07. The van der Waals surface area contributed by atoms with Crippen LogP contribution in [0.4, 0.5) is 0 Å². The topological polar surface area (TPSA) is 21.3 Å². The summed E-state index contributed by atoms with van der Waals surface area (Å²) >= 11 is 0. The highest BCUT2D eigenvalue weighted by molar-refractivity contribution is 5.43. The van der Waals surface area contributed by atoms with E-state index in [2.05, 4.69) is 37.4 Å². The van der Waals surface area contributed by atoms with Crippen molar-refractivity contribution in [3.8, 4) is 5.75 Å². The Kier molecular flexibility index (Phi) is 4.65. The third-order valence-electron chi connectivity index (χ3n) is 3.95. The van der Waals surface area contributed by atoms with Gasteiger partial charge in [-0.05, 0) is 36.9 Å². The Bertz CT molecular complexity index is 389. The zero-order chi connectivity index (χ0) is 13.0. The summed E-state index contributed by atoms with van der Waals surface area (Å²) in [6, 6.07) is 6.96. The van der Waals surface area contributed by atoms with E-state index in [1.54, 1.807) is 7.11 Å². The molecule has 0 aromatic heterocycles. The van der Waals surface area contributed by atoms with Crippen molar-refractivity contribution < 1.29 is 4.74 Å². The summed E-state index contributed by atoms with van der Waals surface area (Å²) in [4.78, 5) is 0. The molecule has 2 rings (SSSR count). The van der Waals surface area contributed by atoms with Crippen LogP contribution in [-0.4, -0.2) is 13.7 Å². The Balaban J connectivity index is 2.17. The minimum absolute atomic E-state index is 0.505. The third kappa shape index (κ3) is 2.86. The summed E-state index contributed by atoms with van der Waals surface area (Å²) in [5.74, 6) is 1.84. The molecule has 2 unspecified atom stereocenters. The third-order valence-corrected chi connectivity index (χ3v) is 3.95. The second-order valence-corrected chi connectivity index (χ2v) is 5.41. The van der Waals surface area contributed by atoms with Gasteiger partial charge in [0, 0.05) is 11.6 Å². The average molecular weight is 247 g/mol. The molecule has 0 amide bonds. The van der Waals surface area contributed by atoms with E-state index in [1.165, 1.54) is 30.4 Å². The molecule has 2 nitrogen and oxygen atoms in total. The predicted octanol–water partition coefficient (Wildman–Crippen LogP) is 3.71. The van der Waals surface area contributed by atoms with Crippen LogP contribution >= 0.6 is 0 Å². The largest absolute Gasteiger partial charge is 0.496 e. The lowest BCUT2D eigenvalue weighted by Gasteiger charge is -2.30. The molecular weight excluding hydrogens is 222 g/mol. The number of hydrogen-bond acceptors (Lipinski definition) is 2. The number of methoxy groups -OCH3 is 1. The van der Waals surface area contributed by atoms with Crippen molar-refractivity contribution in [1.82, 2.24) is 5.32 Å². The maximum absolute atomic E-state index is 5.49. The highest BCUT2D eigenvalue weighted by Gasteiger charge is 2.23. The van der Waals surface area contributed by atoms with Gasteiger partial charge in [-0.15, -0.1) is 0 Å². The van der Waals surface area contributed by atoms with Crippen LogP contribution in [-0.2, 0) is 6.42 Å². The molecule has 0 fully saturated rings. The molecule has 1 heterocycles. The van der Waals surface area contributed by atoms with Crippen LogP contribution in [0.1, 0.15) is 50.3 Å². The maximum atomic E-state index is 5.49. The van der Waals surface area contributed by atoms with Gasteiger partial charge in [-0.25, -0.2) is 0 Å². The molecule has 0 bridgehead atoms. The van der Waals surface area contributed by atoms with Gasteiger partial charge in [-0.3, -0.25) is 0 Å². The first-order chi connectivity index (χ1) is 8.76. The Morgan fingerprint density at radius 3 is 3.00 bits per heavy atom. The molecule has 100 valence electrons. The lowest BCUT2D eigenvalue weighted by Crippen LogP contribution is -2.31. The fraction of sp³-hybridized carbons (Fsp3) is 0.625. The van der Waals surface area contributed by atoms with Crippen LogP contribution in [0.3, 0.4) is 0 Å². The van der Waals surface area contributed by atoms with Gasteiger partial charge in [0.25, 0.3) is 0 Å². The van der Waals surface area contributed by atoms with Crippen LogP contribution < -0.4 is 10.1 Å². The van der Waals surface area contributed by atoms with Gasteiger partial charge in [-0.1, -0.05) is 38.8 Å². The molecule has 0 spiro atoms. The van der Waals surface area contributed by atoms with Gasteiger partial charge < -0.3 is 10.1 Å². The van der Waals surface area contributed by atoms with E-state index in [0.717, 1.165) is 24.6 Å². The number of ether oxygens (including phenoxy) is 1. The van der Waals surface area contributed by atoms with E-state index >= 15 is 0 Å². The van der Waals surface area contributed by atoms with Crippen LogP contribution in [0.25, 0.3) is 0 Å². The molecule has 1 N–H and O–H groups in total. The minimum Gasteiger partial charge on any atom is -0.496 e. The normalized spacial score (nSPS) is 20.3. The molecule has 18 heavy (non-hydrogen) atoms. The monoisotopic (exact) mass is 247 g/mol. The van der Waals surface area contributed by atoms with E-state index < -0.39 is 0 Å². The summed E-state index contributed by atoms with van der Waals surface area (Å²) in [5.41, 5.74) is 2.86. The molecule has 1 aliphatic heterocycles. The molecule has 0 radical (unpaired) electrons. The summed E-state index contributed by atoms with van der Waals surface area (Å²) in [6.07, 6.45) is 4.91. The number of rotatable bonds is 5. The Morgan fingerprint density at radius 2 is 2.28 bits per heavy atom. The lowest BCUT2D eigenvalue weighted by molar-refractivity contribution is 0.367. The molecule has 2 heteroatoms. The Labute approximate surface area is 111 Å². The smallest absolute Gasteiger partial charge is 0.122 e. The van der Waals surface area contributed by atoms with Crippen LogP contribution in [0, 0.1) is 5.92 Å². The molecule has 0 aliphatic carbocycles. The molecule has 2 atom stereocenters. The van der Waals surface area contributed by atoms with Gasteiger partial charge in [0.05, 0.1) is 7.11 Å². The quantitative estimate of drug-likeness (QED) is 0.856. The highest BCUT2D eigenvalue weighted by Crippen LogP contribution is 2.33. The number of fused-ring (bicyclic) bond motifs is 1. The summed E-state index contributed by atoms with van der Waals surface area (Å²) in [6.45, 7) is 5.69. The zero-order valence-corrected chi connectivity index (χ0v) is 11.8. The Morgan fingerprint density at radius 1 is 1.44 bits per heavy atom. The van der Waals surface area contributed by atoms with Gasteiger partial charge >= 0.3 is 0 Å². The standard InChI is InChI=1S/C16H25NO/c1-4-6-12(2)11-15-13-7-5-8-16(18-3)14(13)9-10-17-15/h5,7-8,12,15,17H,4,6,9-11H2,1-3H3. The van der Waals surface area contributed by atoms with E-state index in [0.29, 0.717) is 6.04 Å². The second-order valence-electron chi connectivity index (χ2n) is 5.41. The number of benzene rings is 1. The van der Waals surface area contributed by atoms with Crippen LogP contribution in [0.2, 0.25) is 0 Å². The number of nitrogens with one attached hydrogen (secondary N) is 1. The van der Waals surface area contributed by atoms with Crippen molar-refractivity contribution in [3.05, 3.63) is 29.3 Å². The molecule has 1 aromatic carbocycles. The molecular formula is C16H25NO. The molecule has 0 saturated heterocycles. The fourth-order valence-corrected chi connectivity index (χ4v) is 3.07. The van der Waals surface area contributed by atoms with E-state index in [-0.39, 0.29) is 0 Å². The van der Waals surface area contributed by atoms with Gasteiger partial charge in [0.15, 0.2) is 0 Å². The highest BCUT2D eigenvalue weighted by atomic mass is 16.5. The van der Waals surface area contributed by atoms with Crippen molar-refractivity contribution >= 4 is 0 Å². The predicted molar refractivity (Wildman–Crippen MR) is 76.1 cm³/mol. The van der Waals surface area contributed by atoms with E-state index in [1.807, 2.05) is 0 Å². The zero-order valence-electron chi connectivity index (χ0n) is 11.8. The lowest BCUT2D eigenvalue weighted by atomic mass is 9.87. The minimum atomic E-state index is 0.505.